The molecule has 23 heavy (non-hydrogen) atoms. The molecule has 1 N–H and O–H groups in total. The first-order valence-electron chi connectivity index (χ1n) is 9.18. The number of likely N-dealkylation sites (tertiary alicyclic amines) is 1. The van der Waals surface area contributed by atoms with E-state index in [1.807, 2.05) is 25.1 Å². The molecule has 0 aromatic heterocycles. The highest BCUT2D eigenvalue weighted by molar-refractivity contribution is 5.90. The molecule has 0 unspecified atom stereocenters. The van der Waals surface area contributed by atoms with Crippen LogP contribution in [0, 0.1) is 0 Å². The van der Waals surface area contributed by atoms with Crippen molar-refractivity contribution >= 4 is 5.78 Å². The summed E-state index contributed by atoms with van der Waals surface area (Å²) in [6.07, 6.45) is 6.57. The molecule has 1 heterocycles. The van der Waals surface area contributed by atoms with Crippen molar-refractivity contribution in [3.05, 3.63) is 35.9 Å². The van der Waals surface area contributed by atoms with Crippen LogP contribution < -0.4 is 0 Å². The topological polar surface area (TPSA) is 40.5 Å². The van der Waals surface area contributed by atoms with Gasteiger partial charge >= 0.3 is 0 Å². The largest absolute Gasteiger partial charge is 0.391 e. The van der Waals surface area contributed by atoms with Crippen molar-refractivity contribution < 1.29 is 9.90 Å². The molecule has 1 aromatic carbocycles. The molecule has 2 aliphatic rings. The second-order valence-corrected chi connectivity index (χ2v) is 7.18. The van der Waals surface area contributed by atoms with Crippen LogP contribution in [0.5, 0.6) is 0 Å². The van der Waals surface area contributed by atoms with Gasteiger partial charge in [-0.2, -0.15) is 0 Å². The van der Waals surface area contributed by atoms with Gasteiger partial charge in [0.15, 0.2) is 0 Å². The quantitative estimate of drug-likeness (QED) is 0.927. The fourth-order valence-electron chi connectivity index (χ4n) is 4.58. The number of hydrogen-bond acceptors (Lipinski definition) is 3. The fourth-order valence-corrected chi connectivity index (χ4v) is 4.58. The minimum absolute atomic E-state index is 0.185. The van der Waals surface area contributed by atoms with Gasteiger partial charge in [-0.25, -0.2) is 0 Å². The van der Waals surface area contributed by atoms with E-state index in [2.05, 4.69) is 17.0 Å². The highest BCUT2D eigenvalue weighted by Gasteiger charge is 2.43. The molecule has 2 fully saturated rings. The third-order valence-corrected chi connectivity index (χ3v) is 6.00. The van der Waals surface area contributed by atoms with Crippen LogP contribution in [0.2, 0.25) is 0 Å². The van der Waals surface area contributed by atoms with Crippen molar-refractivity contribution in [1.29, 1.82) is 0 Å². The number of carbonyl (C=O) groups excluding carboxylic acids is 1. The Morgan fingerprint density at radius 1 is 1.17 bits per heavy atom. The predicted molar refractivity (Wildman–Crippen MR) is 92.5 cm³/mol. The highest BCUT2D eigenvalue weighted by Crippen LogP contribution is 2.39. The number of aliphatic hydroxyl groups excluding tert-OH is 1. The van der Waals surface area contributed by atoms with Crippen molar-refractivity contribution in [2.75, 3.05) is 13.1 Å². The van der Waals surface area contributed by atoms with Crippen molar-refractivity contribution in [3.63, 3.8) is 0 Å². The molecular formula is C20H29NO2. The van der Waals surface area contributed by atoms with Crippen LogP contribution in [0.25, 0.3) is 0 Å². The summed E-state index contributed by atoms with van der Waals surface area (Å²) in [5, 5.41) is 10.3. The van der Waals surface area contributed by atoms with E-state index in [0.29, 0.717) is 18.2 Å². The van der Waals surface area contributed by atoms with E-state index < -0.39 is 0 Å². The molecule has 1 aliphatic carbocycles. The zero-order valence-corrected chi connectivity index (χ0v) is 14.2. The maximum Gasteiger partial charge on any atom is 0.143 e. The number of rotatable bonds is 4. The summed E-state index contributed by atoms with van der Waals surface area (Å²) >= 11 is 0. The number of piperidine rings is 1. The van der Waals surface area contributed by atoms with Crippen LogP contribution in [0.3, 0.4) is 0 Å². The molecule has 1 saturated carbocycles. The monoisotopic (exact) mass is 315 g/mol. The molecule has 1 aromatic rings. The lowest BCUT2D eigenvalue weighted by molar-refractivity contribution is -0.126. The van der Waals surface area contributed by atoms with Crippen LogP contribution in [0.1, 0.15) is 57.4 Å². The van der Waals surface area contributed by atoms with Gasteiger partial charge in [0.25, 0.3) is 0 Å². The minimum Gasteiger partial charge on any atom is -0.391 e. The first-order valence-corrected chi connectivity index (χ1v) is 9.18. The van der Waals surface area contributed by atoms with Gasteiger partial charge in [-0.05, 0) is 44.3 Å². The van der Waals surface area contributed by atoms with E-state index in [-0.39, 0.29) is 11.5 Å². The van der Waals surface area contributed by atoms with Gasteiger partial charge in [0.2, 0.25) is 0 Å². The van der Waals surface area contributed by atoms with Gasteiger partial charge in [0, 0.05) is 12.5 Å². The van der Waals surface area contributed by atoms with Crippen molar-refractivity contribution in [2.45, 2.75) is 69.4 Å². The SMILES string of the molecule is CCC(=O)C1(c2ccccc2)CCN([C@@H]2CCCC[C@H]2O)CC1. The van der Waals surface area contributed by atoms with E-state index in [4.69, 9.17) is 0 Å². The Balaban J connectivity index is 1.77. The second-order valence-electron chi connectivity index (χ2n) is 7.18. The Bertz CT molecular complexity index is 520. The van der Waals surface area contributed by atoms with Crippen molar-refractivity contribution in [2.24, 2.45) is 0 Å². The van der Waals surface area contributed by atoms with Crippen LogP contribution in [-0.4, -0.2) is 41.0 Å². The Labute approximate surface area is 139 Å². The molecule has 1 aliphatic heterocycles. The Morgan fingerprint density at radius 3 is 2.43 bits per heavy atom. The molecule has 126 valence electrons. The Morgan fingerprint density at radius 2 is 1.83 bits per heavy atom. The molecule has 1 saturated heterocycles. The average molecular weight is 315 g/mol. The predicted octanol–water partition coefficient (Wildman–Crippen LogP) is 3.30. The van der Waals surface area contributed by atoms with Gasteiger partial charge in [0.1, 0.15) is 5.78 Å². The lowest BCUT2D eigenvalue weighted by Gasteiger charge is -2.46. The smallest absolute Gasteiger partial charge is 0.143 e. The number of carbonyl (C=O) groups is 1. The fraction of sp³-hybridized carbons (Fsp3) is 0.650. The third kappa shape index (κ3) is 3.22. The normalized spacial score (nSPS) is 28.4. The van der Waals surface area contributed by atoms with Gasteiger partial charge in [0.05, 0.1) is 11.5 Å². The van der Waals surface area contributed by atoms with Crippen LogP contribution >= 0.6 is 0 Å². The number of hydrogen-bond donors (Lipinski definition) is 1. The zero-order valence-electron chi connectivity index (χ0n) is 14.2. The van der Waals surface area contributed by atoms with Crippen LogP contribution in [-0.2, 0) is 10.2 Å². The van der Waals surface area contributed by atoms with Crippen molar-refractivity contribution in [3.8, 4) is 0 Å². The number of ketones is 1. The lowest BCUT2D eigenvalue weighted by atomic mass is 9.68. The molecule has 3 heteroatoms. The maximum atomic E-state index is 12.8. The average Bonchev–Trinajstić information content (AvgIpc) is 2.62. The van der Waals surface area contributed by atoms with E-state index in [1.54, 1.807) is 0 Å². The number of benzene rings is 1. The van der Waals surface area contributed by atoms with Crippen LogP contribution in [0.4, 0.5) is 0 Å². The summed E-state index contributed by atoms with van der Waals surface area (Å²) in [7, 11) is 0. The summed E-state index contributed by atoms with van der Waals surface area (Å²) in [6, 6.07) is 10.6. The van der Waals surface area contributed by atoms with Gasteiger partial charge in [-0.1, -0.05) is 50.1 Å². The zero-order chi connectivity index (χ0) is 16.3. The molecule has 0 bridgehead atoms. The summed E-state index contributed by atoms with van der Waals surface area (Å²) in [5.41, 5.74) is 0.863. The van der Waals surface area contributed by atoms with Gasteiger partial charge in [-0.15, -0.1) is 0 Å². The standard InChI is InChI=1S/C20H29NO2/c1-2-19(23)20(16-8-4-3-5-9-16)12-14-21(15-13-20)17-10-6-7-11-18(17)22/h3-5,8-9,17-18,22H,2,6-7,10-15H2,1H3/t17-,18-/m1/s1. The van der Waals surface area contributed by atoms with E-state index in [9.17, 15) is 9.90 Å². The Hall–Kier alpha value is -1.19. The number of aliphatic hydroxyl groups is 1. The minimum atomic E-state index is -0.313. The molecule has 0 amide bonds. The lowest BCUT2D eigenvalue weighted by Crippen LogP contribution is -2.53. The molecule has 2 atom stereocenters. The second kappa shape index (κ2) is 7.14. The van der Waals surface area contributed by atoms with E-state index in [1.165, 1.54) is 12.0 Å². The van der Waals surface area contributed by atoms with E-state index >= 15 is 0 Å². The van der Waals surface area contributed by atoms with Crippen molar-refractivity contribution in [1.82, 2.24) is 4.90 Å². The summed E-state index contributed by atoms with van der Waals surface area (Å²) in [6.45, 7) is 3.81. The first-order chi connectivity index (χ1) is 11.2. The number of nitrogens with zero attached hydrogens (tertiary/aromatic N) is 1. The summed E-state index contributed by atoms with van der Waals surface area (Å²) in [5.74, 6) is 0.368. The molecule has 3 rings (SSSR count). The summed E-state index contributed by atoms with van der Waals surface area (Å²) < 4.78 is 0. The third-order valence-electron chi connectivity index (χ3n) is 6.00. The van der Waals surface area contributed by atoms with Gasteiger partial charge in [-0.3, -0.25) is 9.69 Å². The first kappa shape index (κ1) is 16.7. The Kier molecular flexibility index (Phi) is 5.17. The van der Waals surface area contributed by atoms with E-state index in [0.717, 1.165) is 45.2 Å². The molecular weight excluding hydrogens is 286 g/mol. The molecule has 0 spiro atoms. The van der Waals surface area contributed by atoms with Gasteiger partial charge < -0.3 is 5.11 Å². The number of Topliss-reactive ketones (excluding diaryl/α,β-unsaturated/α-hetero) is 1. The molecule has 3 nitrogen and oxygen atoms in total. The highest BCUT2D eigenvalue weighted by atomic mass is 16.3. The molecule has 0 radical (unpaired) electrons. The van der Waals surface area contributed by atoms with Crippen LogP contribution in [0.15, 0.2) is 30.3 Å². The maximum absolute atomic E-state index is 12.8. The summed E-state index contributed by atoms with van der Waals surface area (Å²) in [4.78, 5) is 15.2.